The number of nitrogens with zero attached hydrogens (tertiary/aromatic N) is 2. The molecule has 1 heterocycles. The normalized spacial score (nSPS) is 10.8. The van der Waals surface area contributed by atoms with E-state index in [2.05, 4.69) is 10.4 Å². The highest BCUT2D eigenvalue weighted by molar-refractivity contribution is 5.97. The van der Waals surface area contributed by atoms with Crippen molar-refractivity contribution < 1.29 is 15.0 Å². The van der Waals surface area contributed by atoms with Gasteiger partial charge in [-0.05, 0) is 6.92 Å². The molecule has 0 saturated heterocycles. The Morgan fingerprint density at radius 1 is 1.62 bits per heavy atom. The predicted molar refractivity (Wildman–Crippen MR) is 57.7 cm³/mol. The van der Waals surface area contributed by atoms with Crippen molar-refractivity contribution in [3.63, 3.8) is 0 Å². The van der Waals surface area contributed by atoms with Crippen LogP contribution in [0.3, 0.4) is 0 Å². The second kappa shape index (κ2) is 5.47. The van der Waals surface area contributed by atoms with Crippen LogP contribution in [0.15, 0.2) is 6.20 Å². The smallest absolute Gasteiger partial charge is 0.274 e. The van der Waals surface area contributed by atoms with E-state index in [1.54, 1.807) is 6.20 Å². The number of aliphatic hydroxyl groups excluding tert-OH is 2. The van der Waals surface area contributed by atoms with Crippen LogP contribution in [-0.4, -0.2) is 45.2 Å². The van der Waals surface area contributed by atoms with E-state index in [9.17, 15) is 4.79 Å². The molecule has 0 unspecified atom stereocenters. The molecule has 0 aliphatic rings. The molecule has 1 rings (SSSR count). The average Bonchev–Trinajstić information content (AvgIpc) is 2.67. The summed E-state index contributed by atoms with van der Waals surface area (Å²) in [4.78, 5) is 11.6. The molecule has 7 nitrogen and oxygen atoms in total. The first-order chi connectivity index (χ1) is 7.62. The summed E-state index contributed by atoms with van der Waals surface area (Å²) in [5, 5.41) is 24.0. The number of carbonyl (C=O) groups excluding carboxylic acids is 1. The van der Waals surface area contributed by atoms with E-state index in [1.807, 2.05) is 6.92 Å². The number of nitrogens with two attached hydrogens (primary N) is 1. The second-order valence-electron chi connectivity index (χ2n) is 3.32. The average molecular weight is 228 g/mol. The molecule has 0 radical (unpaired) electrons. The van der Waals surface area contributed by atoms with Crippen LogP contribution in [0.5, 0.6) is 0 Å². The van der Waals surface area contributed by atoms with Crippen LogP contribution in [0, 0.1) is 0 Å². The summed E-state index contributed by atoms with van der Waals surface area (Å²) < 4.78 is 1.54. The number of aromatic nitrogens is 2. The van der Waals surface area contributed by atoms with Crippen LogP contribution >= 0.6 is 0 Å². The fourth-order valence-corrected chi connectivity index (χ4v) is 1.18. The van der Waals surface area contributed by atoms with Gasteiger partial charge in [0.25, 0.3) is 5.91 Å². The highest BCUT2D eigenvalue weighted by Crippen LogP contribution is 2.08. The highest BCUT2D eigenvalue weighted by Gasteiger charge is 2.17. The minimum atomic E-state index is -0.696. The summed E-state index contributed by atoms with van der Waals surface area (Å²) in [7, 11) is 0. The number of hydrogen-bond acceptors (Lipinski definition) is 5. The molecule has 0 spiro atoms. The number of aryl methyl sites for hydroxylation is 1. The molecule has 0 aromatic carbocycles. The van der Waals surface area contributed by atoms with E-state index in [1.165, 1.54) is 4.68 Å². The maximum absolute atomic E-state index is 11.6. The van der Waals surface area contributed by atoms with Crippen molar-refractivity contribution in [2.75, 3.05) is 18.9 Å². The lowest BCUT2D eigenvalue weighted by Crippen LogP contribution is -2.40. The molecule has 16 heavy (non-hydrogen) atoms. The van der Waals surface area contributed by atoms with Gasteiger partial charge in [0.05, 0.1) is 24.9 Å². The van der Waals surface area contributed by atoms with Crippen molar-refractivity contribution >= 4 is 11.6 Å². The lowest BCUT2D eigenvalue weighted by Gasteiger charge is -2.12. The largest absolute Gasteiger partial charge is 0.396 e. The molecule has 1 aromatic heterocycles. The molecule has 0 aliphatic carbocycles. The van der Waals surface area contributed by atoms with Crippen molar-refractivity contribution in [3.05, 3.63) is 11.9 Å². The Hall–Kier alpha value is -1.60. The summed E-state index contributed by atoms with van der Waals surface area (Å²) in [6.07, 6.45) is 1.56. The van der Waals surface area contributed by atoms with E-state index in [0.717, 1.165) is 0 Å². The van der Waals surface area contributed by atoms with Gasteiger partial charge in [-0.25, -0.2) is 0 Å². The summed E-state index contributed by atoms with van der Waals surface area (Å²) in [5.74, 6) is -0.502. The summed E-state index contributed by atoms with van der Waals surface area (Å²) in [6, 6.07) is -0.696. The van der Waals surface area contributed by atoms with Gasteiger partial charge in [-0.15, -0.1) is 0 Å². The molecule has 90 valence electrons. The van der Waals surface area contributed by atoms with Crippen LogP contribution in [0.4, 0.5) is 5.69 Å². The van der Waals surface area contributed by atoms with Crippen molar-refractivity contribution in [3.8, 4) is 0 Å². The van der Waals surface area contributed by atoms with Crippen LogP contribution in [0.2, 0.25) is 0 Å². The van der Waals surface area contributed by atoms with Gasteiger partial charge in [0, 0.05) is 12.7 Å². The second-order valence-corrected chi connectivity index (χ2v) is 3.32. The first kappa shape index (κ1) is 12.5. The van der Waals surface area contributed by atoms with Crippen LogP contribution in [-0.2, 0) is 6.54 Å². The van der Waals surface area contributed by atoms with E-state index in [-0.39, 0.29) is 24.6 Å². The Bertz CT molecular complexity index is 360. The lowest BCUT2D eigenvalue weighted by molar-refractivity contribution is 0.0874. The van der Waals surface area contributed by atoms with Gasteiger partial charge in [0.15, 0.2) is 5.69 Å². The molecule has 1 aromatic rings. The Balaban J connectivity index is 2.75. The SMILES string of the molecule is CCn1cc(N)c(C(=O)NC(CO)CO)n1. The number of nitrogen functional groups attached to an aromatic ring is 1. The molecule has 0 saturated carbocycles. The number of hydrogen-bond donors (Lipinski definition) is 4. The van der Waals surface area contributed by atoms with Crippen LogP contribution < -0.4 is 11.1 Å². The number of anilines is 1. The first-order valence-electron chi connectivity index (χ1n) is 4.97. The van der Waals surface area contributed by atoms with Gasteiger partial charge in [0.1, 0.15) is 0 Å². The third-order valence-electron chi connectivity index (χ3n) is 2.11. The lowest BCUT2D eigenvalue weighted by atomic mass is 10.3. The van der Waals surface area contributed by atoms with Crippen LogP contribution in [0.1, 0.15) is 17.4 Å². The molecule has 7 heteroatoms. The summed E-state index contributed by atoms with van der Waals surface area (Å²) in [6.45, 7) is 1.81. The predicted octanol–water partition coefficient (Wildman–Crippen LogP) is -1.43. The number of aliphatic hydroxyl groups is 2. The summed E-state index contributed by atoms with van der Waals surface area (Å²) >= 11 is 0. The van der Waals surface area contributed by atoms with E-state index < -0.39 is 11.9 Å². The number of carbonyl (C=O) groups is 1. The Morgan fingerprint density at radius 3 is 2.69 bits per heavy atom. The Kier molecular flexibility index (Phi) is 4.27. The quantitative estimate of drug-likeness (QED) is 0.493. The van der Waals surface area contributed by atoms with Crippen molar-refractivity contribution in [1.82, 2.24) is 15.1 Å². The molecule has 0 aliphatic heterocycles. The first-order valence-corrected chi connectivity index (χ1v) is 4.97. The topological polar surface area (TPSA) is 113 Å². The standard InChI is InChI=1S/C9H16N4O3/c1-2-13-3-7(10)8(12-13)9(16)11-6(4-14)5-15/h3,6,14-15H,2,4-5,10H2,1H3,(H,11,16). The Morgan fingerprint density at radius 2 is 2.25 bits per heavy atom. The van der Waals surface area contributed by atoms with Gasteiger partial charge in [0.2, 0.25) is 0 Å². The van der Waals surface area contributed by atoms with Gasteiger partial charge in [-0.3, -0.25) is 9.48 Å². The van der Waals surface area contributed by atoms with E-state index in [0.29, 0.717) is 6.54 Å². The van der Waals surface area contributed by atoms with Gasteiger partial charge < -0.3 is 21.3 Å². The third-order valence-corrected chi connectivity index (χ3v) is 2.11. The zero-order chi connectivity index (χ0) is 12.1. The number of rotatable bonds is 5. The molecule has 0 atom stereocenters. The minimum absolute atomic E-state index is 0.105. The van der Waals surface area contributed by atoms with Gasteiger partial charge in [-0.2, -0.15) is 5.10 Å². The molecule has 5 N–H and O–H groups in total. The number of amides is 1. The molecular weight excluding hydrogens is 212 g/mol. The molecule has 0 fully saturated rings. The fourth-order valence-electron chi connectivity index (χ4n) is 1.18. The maximum Gasteiger partial charge on any atom is 0.274 e. The van der Waals surface area contributed by atoms with E-state index >= 15 is 0 Å². The summed E-state index contributed by atoms with van der Waals surface area (Å²) in [5.41, 5.74) is 5.98. The van der Waals surface area contributed by atoms with E-state index in [4.69, 9.17) is 15.9 Å². The molecule has 0 bridgehead atoms. The fraction of sp³-hybridized carbons (Fsp3) is 0.556. The van der Waals surface area contributed by atoms with Crippen molar-refractivity contribution in [2.24, 2.45) is 0 Å². The monoisotopic (exact) mass is 228 g/mol. The van der Waals surface area contributed by atoms with Crippen LogP contribution in [0.25, 0.3) is 0 Å². The van der Waals surface area contributed by atoms with Gasteiger partial charge in [-0.1, -0.05) is 0 Å². The van der Waals surface area contributed by atoms with Crippen molar-refractivity contribution in [2.45, 2.75) is 19.5 Å². The van der Waals surface area contributed by atoms with Gasteiger partial charge >= 0.3 is 0 Å². The zero-order valence-corrected chi connectivity index (χ0v) is 9.05. The number of nitrogens with one attached hydrogen (secondary N) is 1. The zero-order valence-electron chi connectivity index (χ0n) is 9.05. The van der Waals surface area contributed by atoms with Crippen molar-refractivity contribution in [1.29, 1.82) is 0 Å². The maximum atomic E-state index is 11.6. The highest BCUT2D eigenvalue weighted by atomic mass is 16.3. The third kappa shape index (κ3) is 2.71. The Labute approximate surface area is 92.9 Å². The minimum Gasteiger partial charge on any atom is -0.396 e. The molecule has 1 amide bonds. The molecular formula is C9H16N4O3.